The van der Waals surface area contributed by atoms with Gasteiger partial charge in [-0.3, -0.25) is 9.78 Å². The van der Waals surface area contributed by atoms with Crippen LogP contribution in [-0.2, 0) is 10.4 Å². The van der Waals surface area contributed by atoms with E-state index in [2.05, 4.69) is 30.4 Å². The van der Waals surface area contributed by atoms with Crippen molar-refractivity contribution in [2.45, 2.75) is 25.0 Å². The molecule has 0 saturated carbocycles. The minimum Gasteiger partial charge on any atom is -0.373 e. The molecule has 2 atom stereocenters. The van der Waals surface area contributed by atoms with Crippen LogP contribution in [0.3, 0.4) is 0 Å². The fourth-order valence-corrected chi connectivity index (χ4v) is 3.89. The van der Waals surface area contributed by atoms with Crippen LogP contribution in [0.4, 0.5) is 5.95 Å². The summed E-state index contributed by atoms with van der Waals surface area (Å²) in [6.45, 7) is 2.47. The molecule has 0 spiro atoms. The number of likely N-dealkylation sites (tertiary alicyclic amines) is 1. The standard InChI is InChI=1S/C24H23N7O3/c1-15(16-6-10-25-11-7-16)27-23-26-12-8-19(29-23)17-4-3-5-18(28-17)20-14-21(34-30-20)24(33)9-13-31(2)22(24)32/h3-8,10-12,14-15,33H,9,13H2,1-2H3,(H,26,27,29)/t15-,24-/m1/s1. The number of anilines is 1. The Morgan fingerprint density at radius 3 is 2.53 bits per heavy atom. The van der Waals surface area contributed by atoms with Gasteiger partial charge in [0.15, 0.2) is 5.76 Å². The second-order valence-corrected chi connectivity index (χ2v) is 8.23. The molecular formula is C24H23N7O3. The first-order valence-electron chi connectivity index (χ1n) is 10.9. The minimum absolute atomic E-state index is 0.00533. The van der Waals surface area contributed by atoms with Crippen molar-refractivity contribution < 1.29 is 14.4 Å². The van der Waals surface area contributed by atoms with Crippen molar-refractivity contribution in [2.24, 2.45) is 0 Å². The maximum absolute atomic E-state index is 12.4. The minimum atomic E-state index is -1.70. The third-order valence-corrected chi connectivity index (χ3v) is 5.91. The molecule has 1 aliphatic heterocycles. The van der Waals surface area contributed by atoms with Crippen molar-refractivity contribution in [1.29, 1.82) is 0 Å². The van der Waals surface area contributed by atoms with Gasteiger partial charge in [-0.25, -0.2) is 15.0 Å². The highest BCUT2D eigenvalue weighted by molar-refractivity contribution is 5.87. The van der Waals surface area contributed by atoms with E-state index in [0.717, 1.165) is 5.56 Å². The first kappa shape index (κ1) is 21.7. The van der Waals surface area contributed by atoms with E-state index >= 15 is 0 Å². The topological polar surface area (TPSA) is 130 Å². The lowest BCUT2D eigenvalue weighted by Crippen LogP contribution is -2.35. The molecule has 4 aromatic rings. The molecule has 5 heterocycles. The summed E-state index contributed by atoms with van der Waals surface area (Å²) < 4.78 is 5.35. The second kappa shape index (κ2) is 8.64. The Hall–Kier alpha value is -4.18. The molecule has 0 radical (unpaired) electrons. The molecule has 2 N–H and O–H groups in total. The van der Waals surface area contributed by atoms with Crippen LogP contribution in [0.15, 0.2) is 65.6 Å². The average molecular weight is 457 g/mol. The Balaban J connectivity index is 1.39. The molecule has 5 rings (SSSR count). The molecular weight excluding hydrogens is 434 g/mol. The van der Waals surface area contributed by atoms with Crippen molar-refractivity contribution in [2.75, 3.05) is 18.9 Å². The van der Waals surface area contributed by atoms with Gasteiger partial charge >= 0.3 is 0 Å². The summed E-state index contributed by atoms with van der Waals surface area (Å²) in [6, 6.07) is 12.7. The van der Waals surface area contributed by atoms with E-state index in [1.165, 1.54) is 4.90 Å². The van der Waals surface area contributed by atoms with Crippen LogP contribution in [0.5, 0.6) is 0 Å². The molecule has 0 aliphatic carbocycles. The Bertz CT molecular complexity index is 1330. The van der Waals surface area contributed by atoms with Gasteiger partial charge < -0.3 is 19.8 Å². The zero-order chi connectivity index (χ0) is 23.7. The summed E-state index contributed by atoms with van der Waals surface area (Å²) in [5.41, 5.74) is 1.59. The molecule has 0 unspecified atom stereocenters. The van der Waals surface area contributed by atoms with E-state index in [1.807, 2.05) is 31.2 Å². The lowest BCUT2D eigenvalue weighted by Gasteiger charge is -2.16. The maximum Gasteiger partial charge on any atom is 0.262 e. The van der Waals surface area contributed by atoms with Crippen molar-refractivity contribution in [3.8, 4) is 22.8 Å². The Morgan fingerprint density at radius 1 is 1.06 bits per heavy atom. The van der Waals surface area contributed by atoms with Gasteiger partial charge in [0.2, 0.25) is 11.5 Å². The Labute approximate surface area is 195 Å². The summed E-state index contributed by atoms with van der Waals surface area (Å²) in [5.74, 6) is 0.186. The quantitative estimate of drug-likeness (QED) is 0.449. The lowest BCUT2D eigenvalue weighted by atomic mass is 9.98. The normalized spacial score (nSPS) is 18.8. The monoisotopic (exact) mass is 457 g/mol. The number of amides is 1. The fraction of sp³-hybridized carbons (Fsp3) is 0.250. The fourth-order valence-electron chi connectivity index (χ4n) is 3.89. The summed E-state index contributed by atoms with van der Waals surface area (Å²) in [7, 11) is 1.64. The summed E-state index contributed by atoms with van der Waals surface area (Å²) in [6.07, 6.45) is 5.41. The molecule has 1 aliphatic rings. The number of likely N-dealkylation sites (N-methyl/N-ethyl adjacent to an activating group) is 1. The van der Waals surface area contributed by atoms with Gasteiger partial charge in [0.25, 0.3) is 5.91 Å². The SMILES string of the molecule is C[C@@H](Nc1nccc(-c2cccc(-c3cc([C@]4(O)CCN(C)C4=O)on3)n2)n1)c1ccncc1. The van der Waals surface area contributed by atoms with Gasteiger partial charge in [0.1, 0.15) is 5.69 Å². The molecule has 10 heteroatoms. The van der Waals surface area contributed by atoms with E-state index < -0.39 is 11.5 Å². The number of aromatic nitrogens is 5. The van der Waals surface area contributed by atoms with Crippen LogP contribution < -0.4 is 5.32 Å². The zero-order valence-corrected chi connectivity index (χ0v) is 18.7. The van der Waals surface area contributed by atoms with Crippen LogP contribution >= 0.6 is 0 Å². The number of carbonyl (C=O) groups is 1. The molecule has 0 bridgehead atoms. The van der Waals surface area contributed by atoms with Gasteiger partial charge in [-0.05, 0) is 42.8 Å². The van der Waals surface area contributed by atoms with Crippen LogP contribution in [0, 0.1) is 0 Å². The van der Waals surface area contributed by atoms with Crippen LogP contribution in [0.25, 0.3) is 22.8 Å². The molecule has 1 amide bonds. The zero-order valence-electron chi connectivity index (χ0n) is 18.7. The number of pyridine rings is 2. The molecule has 34 heavy (non-hydrogen) atoms. The third-order valence-electron chi connectivity index (χ3n) is 5.91. The highest BCUT2D eigenvalue weighted by Crippen LogP contribution is 2.34. The first-order chi connectivity index (χ1) is 16.4. The Morgan fingerprint density at radius 2 is 1.79 bits per heavy atom. The first-order valence-corrected chi connectivity index (χ1v) is 10.9. The molecule has 0 aromatic carbocycles. The van der Waals surface area contributed by atoms with E-state index in [4.69, 9.17) is 4.52 Å². The van der Waals surface area contributed by atoms with Gasteiger partial charge in [-0.2, -0.15) is 0 Å². The van der Waals surface area contributed by atoms with Gasteiger partial charge in [-0.1, -0.05) is 11.2 Å². The van der Waals surface area contributed by atoms with E-state index in [-0.39, 0.29) is 18.2 Å². The van der Waals surface area contributed by atoms with Crippen molar-refractivity contribution in [3.63, 3.8) is 0 Å². The van der Waals surface area contributed by atoms with Crippen LogP contribution in [0.1, 0.15) is 30.7 Å². The predicted molar refractivity (Wildman–Crippen MR) is 123 cm³/mol. The number of aliphatic hydroxyl groups is 1. The number of hydrogen-bond acceptors (Lipinski definition) is 9. The molecule has 10 nitrogen and oxygen atoms in total. The maximum atomic E-state index is 12.4. The highest BCUT2D eigenvalue weighted by atomic mass is 16.5. The average Bonchev–Trinajstić information content (AvgIpc) is 3.47. The lowest BCUT2D eigenvalue weighted by molar-refractivity contribution is -0.144. The van der Waals surface area contributed by atoms with Crippen LogP contribution in [-0.4, -0.2) is 54.6 Å². The number of rotatable bonds is 6. The van der Waals surface area contributed by atoms with Crippen LogP contribution in [0.2, 0.25) is 0 Å². The number of hydrogen-bond donors (Lipinski definition) is 2. The van der Waals surface area contributed by atoms with E-state index in [9.17, 15) is 9.90 Å². The predicted octanol–water partition coefficient (Wildman–Crippen LogP) is 2.81. The summed E-state index contributed by atoms with van der Waals surface area (Å²) >= 11 is 0. The van der Waals surface area contributed by atoms with Gasteiger partial charge in [-0.15, -0.1) is 0 Å². The number of carbonyl (C=O) groups excluding carboxylic acids is 1. The van der Waals surface area contributed by atoms with Crippen molar-refractivity contribution >= 4 is 11.9 Å². The van der Waals surface area contributed by atoms with E-state index in [1.54, 1.807) is 43.8 Å². The third kappa shape index (κ3) is 3.99. The molecule has 4 aromatic heterocycles. The molecule has 172 valence electrons. The number of nitrogens with one attached hydrogen (secondary N) is 1. The molecule has 1 saturated heterocycles. The van der Waals surface area contributed by atoms with Gasteiger partial charge in [0, 0.05) is 44.7 Å². The highest BCUT2D eigenvalue weighted by Gasteiger charge is 2.48. The van der Waals surface area contributed by atoms with Crippen molar-refractivity contribution in [3.05, 3.63) is 72.4 Å². The summed E-state index contributed by atoms with van der Waals surface area (Å²) in [4.78, 5) is 31.5. The number of nitrogens with zero attached hydrogens (tertiary/aromatic N) is 6. The van der Waals surface area contributed by atoms with E-state index in [0.29, 0.717) is 35.3 Å². The smallest absolute Gasteiger partial charge is 0.262 e. The van der Waals surface area contributed by atoms with Gasteiger partial charge in [0.05, 0.1) is 23.1 Å². The second-order valence-electron chi connectivity index (χ2n) is 8.23. The largest absolute Gasteiger partial charge is 0.373 e. The van der Waals surface area contributed by atoms with Crippen molar-refractivity contribution in [1.82, 2.24) is 30.0 Å². The Kier molecular flexibility index (Phi) is 5.50. The summed E-state index contributed by atoms with van der Waals surface area (Å²) in [5, 5.41) is 18.1. The molecule has 1 fully saturated rings.